The fraction of sp³-hybridized carbons (Fsp3) is 0.154. The molecule has 2 rings (SSSR count). The molecule has 0 amide bonds. The van der Waals surface area contributed by atoms with Gasteiger partial charge in [-0.2, -0.15) is 0 Å². The third kappa shape index (κ3) is 2.13. The molecule has 2 aromatic rings. The monoisotopic (exact) mass is 252 g/mol. The molecule has 0 spiro atoms. The number of carbonyl (C=O) groups is 1. The van der Waals surface area contributed by atoms with Gasteiger partial charge in [0.15, 0.2) is 0 Å². The Balaban J connectivity index is 2.54. The number of hydrogen-bond acceptors (Lipinski definition) is 2. The van der Waals surface area contributed by atoms with Crippen LogP contribution in [0.4, 0.5) is 8.78 Å². The van der Waals surface area contributed by atoms with Crippen LogP contribution in [0.1, 0.15) is 25.7 Å². The standard InChI is InChI=1S/C13H10F2OS/c1-7-3-5-9(14)11(12(7)15)13(16)10-6-4-8(2)17-10/h3-6H,1-2H3. The summed E-state index contributed by atoms with van der Waals surface area (Å²) in [5.74, 6) is -2.19. The Bertz CT molecular complexity index is 587. The molecule has 17 heavy (non-hydrogen) atoms. The average molecular weight is 252 g/mol. The van der Waals surface area contributed by atoms with Gasteiger partial charge in [0.1, 0.15) is 11.6 Å². The molecule has 0 atom stereocenters. The summed E-state index contributed by atoms with van der Waals surface area (Å²) in [6, 6.07) is 5.78. The Morgan fingerprint density at radius 2 is 1.82 bits per heavy atom. The van der Waals surface area contributed by atoms with Gasteiger partial charge in [0, 0.05) is 4.88 Å². The van der Waals surface area contributed by atoms with Gasteiger partial charge in [0.2, 0.25) is 5.78 Å². The van der Waals surface area contributed by atoms with Crippen molar-refractivity contribution in [2.24, 2.45) is 0 Å². The van der Waals surface area contributed by atoms with Crippen molar-refractivity contribution in [2.75, 3.05) is 0 Å². The lowest BCUT2D eigenvalue weighted by Gasteiger charge is -2.04. The first-order valence-corrected chi connectivity index (χ1v) is 5.88. The van der Waals surface area contributed by atoms with Crippen molar-refractivity contribution < 1.29 is 13.6 Å². The molecule has 0 radical (unpaired) electrons. The number of rotatable bonds is 2. The molecule has 0 aliphatic carbocycles. The van der Waals surface area contributed by atoms with Crippen LogP contribution in [0.25, 0.3) is 0 Å². The smallest absolute Gasteiger partial charge is 0.208 e. The molecule has 0 aliphatic heterocycles. The molecule has 0 saturated heterocycles. The molecular weight excluding hydrogens is 242 g/mol. The van der Waals surface area contributed by atoms with Gasteiger partial charge >= 0.3 is 0 Å². The summed E-state index contributed by atoms with van der Waals surface area (Å²) in [5.41, 5.74) is -0.199. The third-order valence-corrected chi connectivity index (χ3v) is 3.47. The highest BCUT2D eigenvalue weighted by Gasteiger charge is 2.21. The van der Waals surface area contributed by atoms with E-state index in [-0.39, 0.29) is 5.56 Å². The summed E-state index contributed by atoms with van der Waals surface area (Å²) in [6.07, 6.45) is 0. The molecule has 0 saturated carbocycles. The maximum absolute atomic E-state index is 13.7. The third-order valence-electron chi connectivity index (χ3n) is 2.48. The Labute approximate surface area is 102 Å². The molecule has 0 aliphatic rings. The predicted octanol–water partition coefficient (Wildman–Crippen LogP) is 3.87. The number of benzene rings is 1. The normalized spacial score (nSPS) is 10.6. The van der Waals surface area contributed by atoms with Crippen LogP contribution in [0.15, 0.2) is 24.3 Å². The van der Waals surface area contributed by atoms with Crippen LogP contribution < -0.4 is 0 Å². The van der Waals surface area contributed by atoms with Crippen molar-refractivity contribution in [3.8, 4) is 0 Å². The second-order valence-electron chi connectivity index (χ2n) is 3.79. The van der Waals surface area contributed by atoms with Crippen LogP contribution in [0.3, 0.4) is 0 Å². The lowest BCUT2D eigenvalue weighted by atomic mass is 10.0. The van der Waals surface area contributed by atoms with Crippen molar-refractivity contribution >= 4 is 17.1 Å². The summed E-state index contributed by atoms with van der Waals surface area (Å²) in [7, 11) is 0. The van der Waals surface area contributed by atoms with Gasteiger partial charge in [-0.15, -0.1) is 11.3 Å². The molecule has 0 bridgehead atoms. The number of hydrogen-bond donors (Lipinski definition) is 0. The highest BCUT2D eigenvalue weighted by Crippen LogP contribution is 2.24. The van der Waals surface area contributed by atoms with E-state index in [9.17, 15) is 13.6 Å². The molecule has 4 heteroatoms. The molecule has 0 N–H and O–H groups in total. The Hall–Kier alpha value is -1.55. The first kappa shape index (κ1) is 11.9. The van der Waals surface area contributed by atoms with Crippen LogP contribution in [-0.4, -0.2) is 5.78 Å². The van der Waals surface area contributed by atoms with Crippen LogP contribution in [0.2, 0.25) is 0 Å². The van der Waals surface area contributed by atoms with E-state index in [0.717, 1.165) is 10.9 Å². The number of halogens is 2. The summed E-state index contributed by atoms with van der Waals surface area (Å²) in [6.45, 7) is 3.34. The summed E-state index contributed by atoms with van der Waals surface area (Å²) >= 11 is 1.23. The molecule has 1 aromatic heterocycles. The molecule has 0 unspecified atom stereocenters. The predicted molar refractivity (Wildman–Crippen MR) is 63.6 cm³/mol. The zero-order valence-corrected chi connectivity index (χ0v) is 10.2. The molecule has 0 fully saturated rings. The SMILES string of the molecule is Cc1ccc(C(=O)c2c(F)ccc(C)c2F)s1. The quantitative estimate of drug-likeness (QED) is 0.741. The van der Waals surface area contributed by atoms with E-state index >= 15 is 0 Å². The zero-order chi connectivity index (χ0) is 12.6. The van der Waals surface area contributed by atoms with Gasteiger partial charge in [-0.3, -0.25) is 4.79 Å². The van der Waals surface area contributed by atoms with Gasteiger partial charge in [0.05, 0.1) is 10.4 Å². The lowest BCUT2D eigenvalue weighted by molar-refractivity contribution is 0.103. The second kappa shape index (κ2) is 4.37. The second-order valence-corrected chi connectivity index (χ2v) is 5.08. The average Bonchev–Trinajstić information content (AvgIpc) is 2.71. The van der Waals surface area contributed by atoms with E-state index in [1.54, 1.807) is 12.1 Å². The minimum atomic E-state index is -0.816. The van der Waals surface area contributed by atoms with Gasteiger partial charge in [-0.05, 0) is 37.6 Å². The zero-order valence-electron chi connectivity index (χ0n) is 9.38. The highest BCUT2D eigenvalue weighted by molar-refractivity contribution is 7.14. The summed E-state index contributed by atoms with van der Waals surface area (Å²) in [4.78, 5) is 13.3. The Morgan fingerprint density at radius 1 is 1.12 bits per heavy atom. The minimum Gasteiger partial charge on any atom is -0.287 e. The van der Waals surface area contributed by atoms with Gasteiger partial charge in [0.25, 0.3) is 0 Å². The van der Waals surface area contributed by atoms with Crippen molar-refractivity contribution in [3.63, 3.8) is 0 Å². The van der Waals surface area contributed by atoms with Gasteiger partial charge < -0.3 is 0 Å². The van der Waals surface area contributed by atoms with Gasteiger partial charge in [-0.1, -0.05) is 6.07 Å². The van der Waals surface area contributed by atoms with Gasteiger partial charge in [-0.25, -0.2) is 8.78 Å². The Kier molecular flexibility index (Phi) is 3.07. The fourth-order valence-corrected chi connectivity index (χ4v) is 2.36. The summed E-state index contributed by atoms with van der Waals surface area (Å²) < 4.78 is 27.3. The van der Waals surface area contributed by atoms with E-state index in [1.807, 2.05) is 6.92 Å². The largest absolute Gasteiger partial charge is 0.287 e. The van der Waals surface area contributed by atoms with E-state index < -0.39 is 23.0 Å². The topological polar surface area (TPSA) is 17.1 Å². The van der Waals surface area contributed by atoms with Crippen LogP contribution >= 0.6 is 11.3 Å². The molecule has 1 nitrogen and oxygen atoms in total. The van der Waals surface area contributed by atoms with Crippen molar-refractivity contribution in [3.05, 3.63) is 56.8 Å². The maximum atomic E-state index is 13.7. The maximum Gasteiger partial charge on any atom is 0.208 e. The van der Waals surface area contributed by atoms with E-state index in [1.165, 1.54) is 24.3 Å². The highest BCUT2D eigenvalue weighted by atomic mass is 32.1. The minimum absolute atomic E-state index is 0.267. The fourth-order valence-electron chi connectivity index (χ4n) is 1.54. The van der Waals surface area contributed by atoms with Crippen molar-refractivity contribution in [1.29, 1.82) is 0 Å². The molecule has 1 heterocycles. The first-order valence-electron chi connectivity index (χ1n) is 5.06. The number of thiophene rings is 1. The van der Waals surface area contributed by atoms with E-state index in [0.29, 0.717) is 4.88 Å². The summed E-state index contributed by atoms with van der Waals surface area (Å²) in [5, 5.41) is 0. The Morgan fingerprint density at radius 3 is 2.41 bits per heavy atom. The van der Waals surface area contributed by atoms with Crippen LogP contribution in [0.5, 0.6) is 0 Å². The number of aryl methyl sites for hydroxylation is 2. The van der Waals surface area contributed by atoms with Crippen LogP contribution in [-0.2, 0) is 0 Å². The first-order chi connectivity index (χ1) is 8.00. The number of carbonyl (C=O) groups excluding carboxylic acids is 1. The van der Waals surface area contributed by atoms with E-state index in [2.05, 4.69) is 0 Å². The van der Waals surface area contributed by atoms with Crippen molar-refractivity contribution in [1.82, 2.24) is 0 Å². The lowest BCUT2D eigenvalue weighted by Crippen LogP contribution is -2.07. The molecular formula is C13H10F2OS. The molecule has 1 aromatic carbocycles. The van der Waals surface area contributed by atoms with Crippen molar-refractivity contribution in [2.45, 2.75) is 13.8 Å². The molecule has 88 valence electrons. The van der Waals surface area contributed by atoms with Crippen LogP contribution in [0, 0.1) is 25.5 Å². The van der Waals surface area contributed by atoms with E-state index in [4.69, 9.17) is 0 Å². The number of ketones is 1.